The van der Waals surface area contributed by atoms with Crippen molar-refractivity contribution >= 4 is 11.6 Å². The predicted octanol–water partition coefficient (Wildman–Crippen LogP) is 2.81. The van der Waals surface area contributed by atoms with Gasteiger partial charge in [-0.1, -0.05) is 30.7 Å². The maximum Gasteiger partial charge on any atom is 0.0790 e. The lowest BCUT2D eigenvalue weighted by Gasteiger charge is -2.09. The first-order valence-corrected chi connectivity index (χ1v) is 6.12. The Labute approximate surface area is 106 Å². The molecule has 0 aliphatic heterocycles. The summed E-state index contributed by atoms with van der Waals surface area (Å²) in [5.74, 6) is 0. The van der Waals surface area contributed by atoms with E-state index in [-0.39, 0.29) is 6.04 Å². The smallest absolute Gasteiger partial charge is 0.0790 e. The third-order valence-corrected chi connectivity index (χ3v) is 2.97. The van der Waals surface area contributed by atoms with Gasteiger partial charge >= 0.3 is 0 Å². The molecule has 2 rings (SSSR count). The third kappa shape index (κ3) is 3.08. The number of hydrogen-bond acceptors (Lipinski definition) is 2. The fourth-order valence-corrected chi connectivity index (χ4v) is 1.81. The Morgan fingerprint density at radius 2 is 2.06 bits per heavy atom. The first-order valence-electron chi connectivity index (χ1n) is 5.74. The lowest BCUT2D eigenvalue weighted by Crippen LogP contribution is -2.21. The van der Waals surface area contributed by atoms with Crippen LogP contribution < -0.4 is 5.73 Å². The fraction of sp³-hybridized carbons (Fsp3) is 0.308. The van der Waals surface area contributed by atoms with Crippen molar-refractivity contribution < 1.29 is 0 Å². The SMILES string of the molecule is CCC(N)Cc1ccc(-n2cc(Cl)cn2)cc1. The van der Waals surface area contributed by atoms with Crippen molar-refractivity contribution in [2.45, 2.75) is 25.8 Å². The molecule has 17 heavy (non-hydrogen) atoms. The van der Waals surface area contributed by atoms with E-state index in [9.17, 15) is 0 Å². The number of nitrogens with zero attached hydrogens (tertiary/aromatic N) is 2. The Kier molecular flexibility index (Phi) is 3.82. The van der Waals surface area contributed by atoms with E-state index in [0.717, 1.165) is 18.5 Å². The quantitative estimate of drug-likeness (QED) is 0.906. The molecule has 0 fully saturated rings. The average Bonchev–Trinajstić information content (AvgIpc) is 2.77. The Morgan fingerprint density at radius 1 is 1.35 bits per heavy atom. The van der Waals surface area contributed by atoms with Gasteiger partial charge in [-0.2, -0.15) is 5.10 Å². The summed E-state index contributed by atoms with van der Waals surface area (Å²) in [6.45, 7) is 2.10. The van der Waals surface area contributed by atoms with Crippen LogP contribution in [0, 0.1) is 0 Å². The van der Waals surface area contributed by atoms with Crippen LogP contribution in [0.5, 0.6) is 0 Å². The van der Waals surface area contributed by atoms with Crippen LogP contribution in [0.25, 0.3) is 5.69 Å². The highest BCUT2D eigenvalue weighted by atomic mass is 35.5. The number of aromatic nitrogens is 2. The lowest BCUT2D eigenvalue weighted by molar-refractivity contribution is 0.646. The molecule has 0 aliphatic rings. The van der Waals surface area contributed by atoms with Gasteiger partial charge < -0.3 is 5.73 Å². The van der Waals surface area contributed by atoms with Crippen molar-refractivity contribution in [3.63, 3.8) is 0 Å². The molecule has 3 nitrogen and oxygen atoms in total. The highest BCUT2D eigenvalue weighted by molar-refractivity contribution is 6.30. The molecule has 0 radical (unpaired) electrons. The van der Waals surface area contributed by atoms with Gasteiger partial charge in [-0.25, -0.2) is 4.68 Å². The predicted molar refractivity (Wildman–Crippen MR) is 70.5 cm³/mol. The highest BCUT2D eigenvalue weighted by Gasteiger charge is 2.03. The van der Waals surface area contributed by atoms with Gasteiger partial charge in [-0.3, -0.25) is 0 Å². The molecule has 4 heteroatoms. The summed E-state index contributed by atoms with van der Waals surface area (Å²) >= 11 is 5.83. The van der Waals surface area contributed by atoms with Crippen LogP contribution >= 0.6 is 11.6 Å². The summed E-state index contributed by atoms with van der Waals surface area (Å²) in [7, 11) is 0. The second kappa shape index (κ2) is 5.34. The van der Waals surface area contributed by atoms with E-state index in [1.807, 2.05) is 12.1 Å². The molecular formula is C13H16ClN3. The van der Waals surface area contributed by atoms with Crippen molar-refractivity contribution in [3.8, 4) is 5.69 Å². The Bertz CT molecular complexity index is 476. The van der Waals surface area contributed by atoms with Crippen molar-refractivity contribution in [3.05, 3.63) is 47.2 Å². The van der Waals surface area contributed by atoms with Gasteiger partial charge in [0, 0.05) is 12.2 Å². The fourth-order valence-electron chi connectivity index (χ4n) is 1.67. The Balaban J connectivity index is 2.13. The van der Waals surface area contributed by atoms with Crippen molar-refractivity contribution in [1.29, 1.82) is 0 Å². The summed E-state index contributed by atoms with van der Waals surface area (Å²) in [6.07, 6.45) is 5.32. The van der Waals surface area contributed by atoms with E-state index in [1.165, 1.54) is 5.56 Å². The van der Waals surface area contributed by atoms with Crippen LogP contribution in [0.4, 0.5) is 0 Å². The van der Waals surface area contributed by atoms with E-state index in [2.05, 4.69) is 24.2 Å². The molecule has 0 amide bonds. The van der Waals surface area contributed by atoms with Crippen LogP contribution in [-0.2, 0) is 6.42 Å². The molecule has 0 bridgehead atoms. The van der Waals surface area contributed by atoms with Crippen LogP contribution in [0.1, 0.15) is 18.9 Å². The van der Waals surface area contributed by atoms with Gasteiger partial charge in [-0.15, -0.1) is 0 Å². The first kappa shape index (κ1) is 12.1. The van der Waals surface area contributed by atoms with Gasteiger partial charge in [-0.05, 0) is 30.5 Å². The van der Waals surface area contributed by atoms with E-state index in [1.54, 1.807) is 17.1 Å². The molecule has 0 spiro atoms. The van der Waals surface area contributed by atoms with E-state index < -0.39 is 0 Å². The molecule has 1 aromatic carbocycles. The number of hydrogen-bond donors (Lipinski definition) is 1. The van der Waals surface area contributed by atoms with Crippen LogP contribution in [0.3, 0.4) is 0 Å². The largest absolute Gasteiger partial charge is 0.327 e. The zero-order valence-corrected chi connectivity index (χ0v) is 10.6. The summed E-state index contributed by atoms with van der Waals surface area (Å²) in [6, 6.07) is 8.46. The van der Waals surface area contributed by atoms with Crippen molar-refractivity contribution in [2.24, 2.45) is 5.73 Å². The number of rotatable bonds is 4. The lowest BCUT2D eigenvalue weighted by atomic mass is 10.0. The minimum atomic E-state index is 0.236. The zero-order chi connectivity index (χ0) is 12.3. The van der Waals surface area contributed by atoms with Crippen LogP contribution in [0.2, 0.25) is 5.02 Å². The number of benzene rings is 1. The number of halogens is 1. The summed E-state index contributed by atoms with van der Waals surface area (Å²) in [5.41, 5.74) is 8.18. The summed E-state index contributed by atoms with van der Waals surface area (Å²) in [5, 5.41) is 4.79. The molecule has 2 aromatic rings. The molecular weight excluding hydrogens is 234 g/mol. The van der Waals surface area contributed by atoms with Gasteiger partial charge in [0.2, 0.25) is 0 Å². The van der Waals surface area contributed by atoms with Gasteiger partial charge in [0.25, 0.3) is 0 Å². The molecule has 1 atom stereocenters. The van der Waals surface area contributed by atoms with Crippen molar-refractivity contribution in [2.75, 3.05) is 0 Å². The highest BCUT2D eigenvalue weighted by Crippen LogP contribution is 2.13. The molecule has 1 unspecified atom stereocenters. The monoisotopic (exact) mass is 249 g/mol. The van der Waals surface area contributed by atoms with Crippen molar-refractivity contribution in [1.82, 2.24) is 9.78 Å². The minimum absolute atomic E-state index is 0.236. The maximum atomic E-state index is 5.92. The third-order valence-electron chi connectivity index (χ3n) is 2.77. The van der Waals surface area contributed by atoms with E-state index in [4.69, 9.17) is 17.3 Å². The second-order valence-electron chi connectivity index (χ2n) is 4.14. The molecule has 0 aliphatic carbocycles. The molecule has 1 aromatic heterocycles. The second-order valence-corrected chi connectivity index (χ2v) is 4.58. The maximum absolute atomic E-state index is 5.92. The first-order chi connectivity index (χ1) is 8.19. The topological polar surface area (TPSA) is 43.8 Å². The Morgan fingerprint density at radius 3 is 2.59 bits per heavy atom. The standard InChI is InChI=1S/C13H16ClN3/c1-2-12(15)7-10-3-5-13(6-4-10)17-9-11(14)8-16-17/h3-6,8-9,12H,2,7,15H2,1H3. The van der Waals surface area contributed by atoms with Crippen LogP contribution in [-0.4, -0.2) is 15.8 Å². The molecule has 2 N–H and O–H groups in total. The molecule has 0 saturated carbocycles. The average molecular weight is 250 g/mol. The molecule has 90 valence electrons. The summed E-state index contributed by atoms with van der Waals surface area (Å²) in [4.78, 5) is 0. The number of nitrogens with two attached hydrogens (primary N) is 1. The Hall–Kier alpha value is -1.32. The molecule has 0 saturated heterocycles. The van der Waals surface area contributed by atoms with E-state index in [0.29, 0.717) is 5.02 Å². The van der Waals surface area contributed by atoms with Gasteiger partial charge in [0.05, 0.1) is 16.9 Å². The normalized spacial score (nSPS) is 12.6. The van der Waals surface area contributed by atoms with Gasteiger partial charge in [0.15, 0.2) is 0 Å². The van der Waals surface area contributed by atoms with Gasteiger partial charge in [0.1, 0.15) is 0 Å². The van der Waals surface area contributed by atoms with Crippen LogP contribution in [0.15, 0.2) is 36.7 Å². The minimum Gasteiger partial charge on any atom is -0.327 e. The zero-order valence-electron chi connectivity index (χ0n) is 9.81. The summed E-state index contributed by atoms with van der Waals surface area (Å²) < 4.78 is 1.76. The molecule has 1 heterocycles. The van der Waals surface area contributed by atoms with E-state index >= 15 is 0 Å².